The van der Waals surface area contributed by atoms with Crippen LogP contribution in [0.3, 0.4) is 0 Å². The number of hydrogen-bond acceptors (Lipinski definition) is 3. The van der Waals surface area contributed by atoms with Crippen molar-refractivity contribution in [3.63, 3.8) is 0 Å². The van der Waals surface area contributed by atoms with E-state index in [1.807, 2.05) is 23.7 Å². The van der Waals surface area contributed by atoms with E-state index in [0.29, 0.717) is 5.92 Å². The van der Waals surface area contributed by atoms with Crippen molar-refractivity contribution < 1.29 is 0 Å². The molecule has 3 rings (SSSR count). The molecule has 72 valence electrons. The maximum Gasteiger partial charge on any atom is 0.0376 e. The molecule has 1 atom stereocenters. The van der Waals surface area contributed by atoms with E-state index in [1.54, 1.807) is 0 Å². The fourth-order valence-corrected chi connectivity index (χ4v) is 3.14. The molecule has 3 heterocycles. The highest BCUT2D eigenvalue weighted by molar-refractivity contribution is 7.17. The van der Waals surface area contributed by atoms with Crippen molar-refractivity contribution in [1.29, 1.82) is 0 Å². The molecule has 2 aromatic rings. The van der Waals surface area contributed by atoms with Crippen LogP contribution in [0.1, 0.15) is 17.9 Å². The third kappa shape index (κ3) is 1.24. The maximum absolute atomic E-state index is 4.20. The zero-order valence-corrected chi connectivity index (χ0v) is 8.68. The van der Waals surface area contributed by atoms with Crippen LogP contribution >= 0.6 is 11.3 Å². The quantitative estimate of drug-likeness (QED) is 0.771. The van der Waals surface area contributed by atoms with Gasteiger partial charge in [0.05, 0.1) is 0 Å². The molecule has 2 aromatic heterocycles. The minimum atomic E-state index is 0.702. The molecule has 0 amide bonds. The van der Waals surface area contributed by atoms with Crippen LogP contribution < -0.4 is 5.32 Å². The number of aromatic nitrogens is 1. The van der Waals surface area contributed by atoms with Gasteiger partial charge in [0.25, 0.3) is 0 Å². The van der Waals surface area contributed by atoms with E-state index in [9.17, 15) is 0 Å². The van der Waals surface area contributed by atoms with Crippen LogP contribution in [0.15, 0.2) is 23.8 Å². The summed E-state index contributed by atoms with van der Waals surface area (Å²) in [4.78, 5) is 4.20. The molecule has 0 saturated carbocycles. The first-order valence-electron chi connectivity index (χ1n) is 4.97. The topological polar surface area (TPSA) is 24.9 Å². The largest absolute Gasteiger partial charge is 0.316 e. The van der Waals surface area contributed by atoms with Crippen LogP contribution in [0, 0.1) is 0 Å². The lowest BCUT2D eigenvalue weighted by atomic mass is 9.99. The molecule has 0 spiro atoms. The van der Waals surface area contributed by atoms with Crippen LogP contribution in [-0.4, -0.2) is 18.1 Å². The fraction of sp³-hybridized carbons (Fsp3) is 0.364. The molecule has 0 aliphatic carbocycles. The van der Waals surface area contributed by atoms with Gasteiger partial charge in [-0.05, 0) is 35.9 Å². The Hall–Kier alpha value is -0.930. The summed E-state index contributed by atoms with van der Waals surface area (Å²) in [5, 5.41) is 7.06. The van der Waals surface area contributed by atoms with Crippen LogP contribution in [0.25, 0.3) is 10.1 Å². The van der Waals surface area contributed by atoms with Crippen molar-refractivity contribution in [1.82, 2.24) is 10.3 Å². The fourth-order valence-electron chi connectivity index (χ4n) is 2.13. The number of hydrogen-bond donors (Lipinski definition) is 1. The van der Waals surface area contributed by atoms with Crippen molar-refractivity contribution in [2.75, 3.05) is 13.1 Å². The summed E-state index contributed by atoms with van der Waals surface area (Å²) in [7, 11) is 0. The molecule has 0 radical (unpaired) electrons. The van der Waals surface area contributed by atoms with E-state index in [4.69, 9.17) is 0 Å². The van der Waals surface area contributed by atoms with Crippen LogP contribution in [0.4, 0.5) is 0 Å². The predicted molar refractivity (Wildman–Crippen MR) is 59.8 cm³/mol. The Labute approximate surface area is 87.0 Å². The van der Waals surface area contributed by atoms with Crippen molar-refractivity contribution in [2.45, 2.75) is 12.3 Å². The minimum Gasteiger partial charge on any atom is -0.316 e. The monoisotopic (exact) mass is 204 g/mol. The van der Waals surface area contributed by atoms with Gasteiger partial charge in [-0.1, -0.05) is 0 Å². The first-order valence-corrected chi connectivity index (χ1v) is 5.85. The number of nitrogens with zero attached hydrogens (tertiary/aromatic N) is 1. The van der Waals surface area contributed by atoms with E-state index >= 15 is 0 Å². The Kier molecular flexibility index (Phi) is 2.00. The molecule has 3 heteroatoms. The second-order valence-corrected chi connectivity index (χ2v) is 4.66. The molecular formula is C11H12N2S. The van der Waals surface area contributed by atoms with Gasteiger partial charge in [-0.3, -0.25) is 4.98 Å². The van der Waals surface area contributed by atoms with Crippen LogP contribution in [0.5, 0.6) is 0 Å². The molecule has 1 aliphatic rings. The summed E-state index contributed by atoms with van der Waals surface area (Å²) < 4.78 is 1.36. The third-order valence-corrected chi connectivity index (χ3v) is 3.89. The summed E-state index contributed by atoms with van der Waals surface area (Å²) in [5.74, 6) is 0.702. The van der Waals surface area contributed by atoms with Gasteiger partial charge in [-0.2, -0.15) is 0 Å². The number of thiophene rings is 1. The Bertz CT molecular complexity index is 443. The van der Waals surface area contributed by atoms with Crippen molar-refractivity contribution >= 4 is 21.4 Å². The van der Waals surface area contributed by atoms with Gasteiger partial charge in [-0.15, -0.1) is 11.3 Å². The number of fused-ring (bicyclic) bond motifs is 1. The lowest BCUT2D eigenvalue weighted by Crippen LogP contribution is -2.07. The maximum atomic E-state index is 4.20. The predicted octanol–water partition coefficient (Wildman–Crippen LogP) is 2.37. The SMILES string of the molecule is c1cc2scc(C3CCNC3)c2cn1. The van der Waals surface area contributed by atoms with E-state index in [-0.39, 0.29) is 0 Å². The lowest BCUT2D eigenvalue weighted by Gasteiger charge is -2.05. The molecular weight excluding hydrogens is 192 g/mol. The normalized spacial score (nSPS) is 21.9. The van der Waals surface area contributed by atoms with Crippen LogP contribution in [-0.2, 0) is 0 Å². The lowest BCUT2D eigenvalue weighted by molar-refractivity contribution is 0.772. The second kappa shape index (κ2) is 3.33. The molecule has 0 aromatic carbocycles. The summed E-state index contributed by atoms with van der Waals surface area (Å²) in [6.45, 7) is 2.28. The van der Waals surface area contributed by atoms with Crippen molar-refractivity contribution in [2.24, 2.45) is 0 Å². The van der Waals surface area contributed by atoms with Crippen molar-refractivity contribution in [3.8, 4) is 0 Å². The zero-order chi connectivity index (χ0) is 9.38. The molecule has 1 fully saturated rings. The summed E-state index contributed by atoms with van der Waals surface area (Å²) in [6.07, 6.45) is 5.13. The summed E-state index contributed by atoms with van der Waals surface area (Å²) in [6, 6.07) is 2.10. The van der Waals surface area contributed by atoms with Gasteiger partial charge >= 0.3 is 0 Å². The van der Waals surface area contributed by atoms with Gasteiger partial charge in [0.2, 0.25) is 0 Å². The molecule has 1 unspecified atom stereocenters. The Balaban J connectivity index is 2.11. The first-order chi connectivity index (χ1) is 6.95. The van der Waals surface area contributed by atoms with Gasteiger partial charge in [0, 0.05) is 29.0 Å². The minimum absolute atomic E-state index is 0.702. The molecule has 1 N–H and O–H groups in total. The zero-order valence-electron chi connectivity index (χ0n) is 7.86. The van der Waals surface area contributed by atoms with E-state index in [0.717, 1.165) is 13.1 Å². The standard InChI is InChI=1S/C11H12N2S/c1-3-12-5-8(1)10-7-14-11-2-4-13-6-9(10)11/h2,4,6-8,12H,1,3,5H2. The molecule has 0 bridgehead atoms. The van der Waals surface area contributed by atoms with E-state index < -0.39 is 0 Å². The highest BCUT2D eigenvalue weighted by Crippen LogP contribution is 2.33. The average molecular weight is 204 g/mol. The first kappa shape index (κ1) is 8.38. The number of pyridine rings is 1. The Morgan fingerprint density at radius 1 is 1.50 bits per heavy atom. The van der Waals surface area contributed by atoms with Crippen LogP contribution in [0.2, 0.25) is 0 Å². The molecule has 1 saturated heterocycles. The molecule has 14 heavy (non-hydrogen) atoms. The smallest absolute Gasteiger partial charge is 0.0376 e. The molecule has 1 aliphatic heterocycles. The average Bonchev–Trinajstić information content (AvgIpc) is 2.85. The molecule has 2 nitrogen and oxygen atoms in total. The van der Waals surface area contributed by atoms with Gasteiger partial charge in [0.15, 0.2) is 0 Å². The Morgan fingerprint density at radius 2 is 2.50 bits per heavy atom. The highest BCUT2D eigenvalue weighted by atomic mass is 32.1. The highest BCUT2D eigenvalue weighted by Gasteiger charge is 2.19. The number of rotatable bonds is 1. The summed E-state index contributed by atoms with van der Waals surface area (Å²) >= 11 is 1.83. The van der Waals surface area contributed by atoms with Gasteiger partial charge in [0.1, 0.15) is 0 Å². The second-order valence-electron chi connectivity index (χ2n) is 3.75. The van der Waals surface area contributed by atoms with E-state index in [1.165, 1.54) is 22.1 Å². The Morgan fingerprint density at radius 3 is 3.36 bits per heavy atom. The summed E-state index contributed by atoms with van der Waals surface area (Å²) in [5.41, 5.74) is 1.49. The van der Waals surface area contributed by atoms with Crippen molar-refractivity contribution in [3.05, 3.63) is 29.4 Å². The van der Waals surface area contributed by atoms with Gasteiger partial charge < -0.3 is 5.32 Å². The van der Waals surface area contributed by atoms with E-state index in [2.05, 4.69) is 21.7 Å². The number of nitrogens with one attached hydrogen (secondary N) is 1. The third-order valence-electron chi connectivity index (χ3n) is 2.91. The van der Waals surface area contributed by atoms with Gasteiger partial charge in [-0.25, -0.2) is 0 Å².